The van der Waals surface area contributed by atoms with E-state index in [0.717, 1.165) is 0 Å². The summed E-state index contributed by atoms with van der Waals surface area (Å²) in [7, 11) is -1.19. The monoisotopic (exact) mass is 117 g/mol. The van der Waals surface area contributed by atoms with Crippen LogP contribution in [0.1, 0.15) is 0 Å². The Hall–Kier alpha value is -0.440. The molecule has 1 aliphatic heterocycles. The summed E-state index contributed by atoms with van der Waals surface area (Å²) in [6, 6.07) is 0. The zero-order chi connectivity index (χ0) is 5.11. The highest BCUT2D eigenvalue weighted by molar-refractivity contribution is 8.22. The van der Waals surface area contributed by atoms with Gasteiger partial charge in [0.25, 0.3) is 0 Å². The van der Waals surface area contributed by atoms with Crippen LogP contribution in [-0.2, 0) is 0 Å². The van der Waals surface area contributed by atoms with E-state index in [9.17, 15) is 3.89 Å². The molecule has 1 atom stereocenters. The van der Waals surface area contributed by atoms with E-state index >= 15 is 0 Å². The van der Waals surface area contributed by atoms with Gasteiger partial charge < -0.3 is 0 Å². The summed E-state index contributed by atoms with van der Waals surface area (Å²) in [6.07, 6.45) is 3.16. The molecule has 38 valence electrons. The van der Waals surface area contributed by atoms with Crippen LogP contribution in [0.2, 0.25) is 0 Å². The number of hydrogen-bond donors (Lipinski definition) is 0. The highest BCUT2D eigenvalue weighted by atomic mass is 32.2. The maximum Gasteiger partial charge on any atom is 0.0844 e. The molecule has 0 fully saturated rings. The molecule has 0 spiro atoms. The molecule has 1 heterocycles. The van der Waals surface area contributed by atoms with Crippen LogP contribution in [-0.4, -0.2) is 10.9 Å². The lowest BCUT2D eigenvalue weighted by atomic mass is 10.7. The first kappa shape index (κ1) is 4.71. The standard InChI is InChI=1S/C4H4FNS/c5-7-3-1-2-6-4-7/h1-4H. The molecule has 0 saturated heterocycles. The minimum Gasteiger partial charge on any atom is -0.256 e. The largest absolute Gasteiger partial charge is 0.256 e. The first-order valence-electron chi connectivity index (χ1n) is 1.81. The number of allylic oxidation sites excluding steroid dienone is 1. The molecule has 0 aromatic rings. The van der Waals surface area contributed by atoms with Crippen molar-refractivity contribution in [2.45, 2.75) is 0 Å². The number of hydrogen-bond acceptors (Lipinski definition) is 1. The molecule has 7 heavy (non-hydrogen) atoms. The summed E-state index contributed by atoms with van der Waals surface area (Å²) < 4.78 is 12.0. The predicted octanol–water partition coefficient (Wildman–Crippen LogP) is 1.50. The molecular weight excluding hydrogens is 113 g/mol. The van der Waals surface area contributed by atoms with E-state index in [4.69, 9.17) is 0 Å². The normalized spacial score (nSPS) is 27.3. The molecule has 0 radical (unpaired) electrons. The number of rotatable bonds is 0. The van der Waals surface area contributed by atoms with Gasteiger partial charge in [-0.1, -0.05) is 0 Å². The van der Waals surface area contributed by atoms with Gasteiger partial charge in [-0.2, -0.15) is 3.89 Å². The molecular formula is C4H4FNS. The molecule has 1 nitrogen and oxygen atoms in total. The lowest BCUT2D eigenvalue weighted by molar-refractivity contribution is 0.947. The summed E-state index contributed by atoms with van der Waals surface area (Å²) in [4.78, 5) is 3.56. The first-order chi connectivity index (χ1) is 3.39. The molecule has 0 amide bonds. The maximum atomic E-state index is 12.0. The van der Waals surface area contributed by atoms with Crippen molar-refractivity contribution in [1.29, 1.82) is 0 Å². The molecule has 1 rings (SSSR count). The van der Waals surface area contributed by atoms with Gasteiger partial charge in [0.15, 0.2) is 0 Å². The number of aliphatic imine (C=N–C) groups is 1. The van der Waals surface area contributed by atoms with Crippen LogP contribution in [0, 0.1) is 0 Å². The van der Waals surface area contributed by atoms with Crippen LogP contribution < -0.4 is 0 Å². The van der Waals surface area contributed by atoms with Crippen molar-refractivity contribution in [2.24, 2.45) is 4.99 Å². The topological polar surface area (TPSA) is 12.4 Å². The number of halogens is 1. The van der Waals surface area contributed by atoms with Crippen LogP contribution >= 0.6 is 10.9 Å². The Balaban J connectivity index is 2.82. The zero-order valence-corrected chi connectivity index (χ0v) is 4.36. The van der Waals surface area contributed by atoms with E-state index in [1.54, 1.807) is 12.3 Å². The van der Waals surface area contributed by atoms with E-state index in [2.05, 4.69) is 4.99 Å². The minimum atomic E-state index is -1.19. The van der Waals surface area contributed by atoms with Gasteiger partial charge in [0, 0.05) is 17.1 Å². The van der Waals surface area contributed by atoms with E-state index in [-0.39, 0.29) is 0 Å². The van der Waals surface area contributed by atoms with Crippen molar-refractivity contribution in [3.63, 3.8) is 0 Å². The summed E-state index contributed by atoms with van der Waals surface area (Å²) >= 11 is 0. The third kappa shape index (κ3) is 1.23. The first-order valence-corrected chi connectivity index (χ1v) is 3.06. The van der Waals surface area contributed by atoms with Crippen LogP contribution in [0.3, 0.4) is 0 Å². The average molecular weight is 117 g/mol. The second kappa shape index (κ2) is 2.02. The molecule has 0 bridgehead atoms. The van der Waals surface area contributed by atoms with Crippen molar-refractivity contribution in [3.8, 4) is 0 Å². The predicted molar refractivity (Wildman–Crippen MR) is 32.4 cm³/mol. The molecule has 0 N–H and O–H groups in total. The zero-order valence-electron chi connectivity index (χ0n) is 3.54. The Bertz CT molecular complexity index is 148. The van der Waals surface area contributed by atoms with E-state index < -0.39 is 10.9 Å². The van der Waals surface area contributed by atoms with E-state index in [1.165, 1.54) is 10.9 Å². The Kier molecular flexibility index (Phi) is 1.36. The second-order valence-electron chi connectivity index (χ2n) is 1.05. The lowest BCUT2D eigenvalue weighted by Gasteiger charge is -1.86. The maximum absolute atomic E-state index is 12.0. The second-order valence-corrected chi connectivity index (χ2v) is 2.16. The van der Waals surface area contributed by atoms with Crippen molar-refractivity contribution in [1.82, 2.24) is 0 Å². The van der Waals surface area contributed by atoms with E-state index in [0.29, 0.717) is 0 Å². The van der Waals surface area contributed by atoms with Crippen LogP contribution in [0.25, 0.3) is 0 Å². The molecule has 1 aliphatic rings. The van der Waals surface area contributed by atoms with Gasteiger partial charge in [-0.3, -0.25) is 4.99 Å². The van der Waals surface area contributed by atoms with Crippen molar-refractivity contribution in [2.75, 3.05) is 0 Å². The smallest absolute Gasteiger partial charge is 0.0844 e. The number of nitrogens with zero attached hydrogens (tertiary/aromatic N) is 1. The van der Waals surface area contributed by atoms with Gasteiger partial charge in [0.05, 0.1) is 5.55 Å². The summed E-state index contributed by atoms with van der Waals surface area (Å²) in [5.74, 6) is 0. The average Bonchev–Trinajstić information content (AvgIpc) is 1.69. The fourth-order valence-corrected chi connectivity index (χ4v) is 0.766. The molecule has 0 aliphatic carbocycles. The molecule has 0 aromatic heterocycles. The molecule has 0 saturated carbocycles. The fraction of sp³-hybridized carbons (Fsp3) is 0. The van der Waals surface area contributed by atoms with Crippen LogP contribution in [0.15, 0.2) is 17.3 Å². The van der Waals surface area contributed by atoms with Crippen LogP contribution in [0.4, 0.5) is 3.89 Å². The van der Waals surface area contributed by atoms with Crippen molar-refractivity contribution in [3.05, 3.63) is 12.3 Å². The highest BCUT2D eigenvalue weighted by Crippen LogP contribution is 2.09. The third-order valence-electron chi connectivity index (χ3n) is 0.542. The van der Waals surface area contributed by atoms with Crippen molar-refractivity contribution < 1.29 is 3.89 Å². The minimum absolute atomic E-state index is 1.19. The lowest BCUT2D eigenvalue weighted by Crippen LogP contribution is -1.71. The van der Waals surface area contributed by atoms with E-state index in [1.807, 2.05) is 0 Å². The Morgan fingerprint density at radius 1 is 1.57 bits per heavy atom. The summed E-state index contributed by atoms with van der Waals surface area (Å²) in [5.41, 5.74) is 1.28. The Morgan fingerprint density at radius 2 is 2.43 bits per heavy atom. The van der Waals surface area contributed by atoms with Crippen molar-refractivity contribution >= 4 is 21.8 Å². The summed E-state index contributed by atoms with van der Waals surface area (Å²) in [6.45, 7) is 0. The third-order valence-corrected chi connectivity index (χ3v) is 1.28. The highest BCUT2D eigenvalue weighted by Gasteiger charge is 1.82. The quantitative estimate of drug-likeness (QED) is 0.426. The SMILES string of the molecule is FS1=CC=CN=C1. The van der Waals surface area contributed by atoms with Gasteiger partial charge in [-0.05, 0) is 11.4 Å². The molecule has 1 unspecified atom stereocenters. The fourth-order valence-electron chi connectivity index (χ4n) is 0.288. The van der Waals surface area contributed by atoms with Crippen LogP contribution in [0.5, 0.6) is 0 Å². The summed E-state index contributed by atoms with van der Waals surface area (Å²) in [5, 5.41) is 1.47. The molecule has 0 aromatic carbocycles. The van der Waals surface area contributed by atoms with Gasteiger partial charge >= 0.3 is 0 Å². The van der Waals surface area contributed by atoms with Gasteiger partial charge in [0.1, 0.15) is 0 Å². The Morgan fingerprint density at radius 3 is 2.71 bits per heavy atom. The molecule has 3 heteroatoms. The van der Waals surface area contributed by atoms with Gasteiger partial charge in [-0.25, -0.2) is 0 Å². The Labute approximate surface area is 43.8 Å². The van der Waals surface area contributed by atoms with Gasteiger partial charge in [-0.15, -0.1) is 0 Å². The van der Waals surface area contributed by atoms with Gasteiger partial charge in [0.2, 0.25) is 0 Å².